The normalized spacial score (nSPS) is 33.9. The minimum Gasteiger partial charge on any atom is -0.357 e. The van der Waals surface area contributed by atoms with E-state index in [1.54, 1.807) is 0 Å². The Balaban J connectivity index is 1.04. The van der Waals surface area contributed by atoms with E-state index >= 15 is 0 Å². The van der Waals surface area contributed by atoms with Gasteiger partial charge in [0, 0.05) is 35.0 Å². The van der Waals surface area contributed by atoms with Gasteiger partial charge >= 0.3 is 0 Å². The first kappa shape index (κ1) is 25.9. The van der Waals surface area contributed by atoms with Crippen LogP contribution in [0.3, 0.4) is 0 Å². The van der Waals surface area contributed by atoms with Gasteiger partial charge in [-0.05, 0) is 59.4 Å². The Kier molecular flexibility index (Phi) is 6.21. The molecular formula is C42H38N2. The number of benzene rings is 2. The van der Waals surface area contributed by atoms with Gasteiger partial charge < -0.3 is 9.80 Å². The summed E-state index contributed by atoms with van der Waals surface area (Å²) in [6.45, 7) is 0. The molecule has 0 N–H and O–H groups in total. The van der Waals surface area contributed by atoms with Crippen molar-refractivity contribution in [1.29, 1.82) is 0 Å². The van der Waals surface area contributed by atoms with E-state index in [0.29, 0.717) is 47.8 Å². The third-order valence-corrected chi connectivity index (χ3v) is 10.8. The first-order valence-corrected chi connectivity index (χ1v) is 16.4. The third kappa shape index (κ3) is 4.15. The minimum atomic E-state index is 0.338. The molecule has 7 aliphatic rings. The van der Waals surface area contributed by atoms with E-state index in [4.69, 9.17) is 0 Å². The lowest BCUT2D eigenvalue weighted by Gasteiger charge is -2.34. The quantitative estimate of drug-likeness (QED) is 0.362. The van der Waals surface area contributed by atoms with Gasteiger partial charge in [-0.15, -0.1) is 0 Å². The molecule has 2 saturated heterocycles. The van der Waals surface area contributed by atoms with Crippen molar-refractivity contribution in [3.8, 4) is 0 Å². The number of anilines is 2. The summed E-state index contributed by atoms with van der Waals surface area (Å²) < 4.78 is 0. The SMILES string of the molecule is C1=CC2C3C=CC(C4=CC5C6C=CC=CC6N(c6ccc(C7=CCCC=C7)cc6)C5C=C4)=CC3N(c3ccccc3)C2C=C1. The van der Waals surface area contributed by atoms with Crippen LogP contribution in [0.5, 0.6) is 0 Å². The van der Waals surface area contributed by atoms with Crippen LogP contribution in [0.25, 0.3) is 5.57 Å². The van der Waals surface area contributed by atoms with E-state index in [1.807, 2.05) is 0 Å². The molecule has 216 valence electrons. The molecule has 0 saturated carbocycles. The van der Waals surface area contributed by atoms with Crippen LogP contribution in [0.1, 0.15) is 18.4 Å². The Morgan fingerprint density at radius 2 is 1.07 bits per heavy atom. The van der Waals surface area contributed by atoms with Gasteiger partial charge in [0.15, 0.2) is 0 Å². The lowest BCUT2D eigenvalue weighted by molar-refractivity contribution is 0.521. The fraction of sp³-hybridized carbons (Fsp3) is 0.238. The number of fused-ring (bicyclic) bond motifs is 6. The Hall–Kier alpha value is -4.56. The predicted molar refractivity (Wildman–Crippen MR) is 184 cm³/mol. The maximum absolute atomic E-state index is 2.66. The van der Waals surface area contributed by atoms with Crippen molar-refractivity contribution >= 4 is 16.9 Å². The molecular weight excluding hydrogens is 532 g/mol. The molecule has 2 aliphatic heterocycles. The van der Waals surface area contributed by atoms with Crippen molar-refractivity contribution in [1.82, 2.24) is 0 Å². The molecule has 2 aromatic carbocycles. The number of hydrogen-bond acceptors (Lipinski definition) is 2. The van der Waals surface area contributed by atoms with Crippen LogP contribution < -0.4 is 9.80 Å². The molecule has 2 heterocycles. The summed E-state index contributed by atoms with van der Waals surface area (Å²) in [5.41, 5.74) is 8.01. The molecule has 0 bridgehead atoms. The molecule has 2 fully saturated rings. The first-order valence-electron chi connectivity index (χ1n) is 16.4. The summed E-state index contributed by atoms with van der Waals surface area (Å²) >= 11 is 0. The highest BCUT2D eigenvalue weighted by molar-refractivity contribution is 5.76. The van der Waals surface area contributed by atoms with E-state index in [-0.39, 0.29) is 0 Å². The average molecular weight is 571 g/mol. The molecule has 5 aliphatic carbocycles. The van der Waals surface area contributed by atoms with E-state index in [9.17, 15) is 0 Å². The van der Waals surface area contributed by atoms with E-state index in [2.05, 4.69) is 168 Å². The molecule has 44 heavy (non-hydrogen) atoms. The van der Waals surface area contributed by atoms with Crippen LogP contribution in [0.15, 0.2) is 169 Å². The minimum absolute atomic E-state index is 0.338. The van der Waals surface area contributed by atoms with Gasteiger partial charge in [0.25, 0.3) is 0 Å². The molecule has 0 radical (unpaired) electrons. The van der Waals surface area contributed by atoms with Crippen LogP contribution >= 0.6 is 0 Å². The monoisotopic (exact) mass is 570 g/mol. The van der Waals surface area contributed by atoms with E-state index in [0.717, 1.165) is 12.8 Å². The van der Waals surface area contributed by atoms with Crippen LogP contribution in [-0.4, -0.2) is 24.2 Å². The molecule has 0 amide bonds. The predicted octanol–water partition coefficient (Wildman–Crippen LogP) is 8.94. The fourth-order valence-corrected chi connectivity index (χ4v) is 8.83. The van der Waals surface area contributed by atoms with Gasteiger partial charge in [-0.1, -0.05) is 134 Å². The van der Waals surface area contributed by atoms with E-state index < -0.39 is 0 Å². The van der Waals surface area contributed by atoms with Crippen molar-refractivity contribution in [2.24, 2.45) is 23.7 Å². The highest BCUT2D eigenvalue weighted by Crippen LogP contribution is 2.48. The van der Waals surface area contributed by atoms with Crippen molar-refractivity contribution in [3.63, 3.8) is 0 Å². The third-order valence-electron chi connectivity index (χ3n) is 10.8. The number of rotatable bonds is 4. The molecule has 8 atom stereocenters. The molecule has 2 heteroatoms. The van der Waals surface area contributed by atoms with Gasteiger partial charge in [0.05, 0.1) is 24.2 Å². The summed E-state index contributed by atoms with van der Waals surface area (Å²) in [6, 6.07) is 21.7. The second-order valence-electron chi connectivity index (χ2n) is 13.1. The maximum Gasteiger partial charge on any atom is 0.0557 e. The fourth-order valence-electron chi connectivity index (χ4n) is 8.83. The summed E-state index contributed by atoms with van der Waals surface area (Å²) in [4.78, 5) is 5.31. The van der Waals surface area contributed by atoms with Crippen LogP contribution in [-0.2, 0) is 0 Å². The van der Waals surface area contributed by atoms with Gasteiger partial charge in [-0.3, -0.25) is 0 Å². The lowest BCUT2D eigenvalue weighted by atomic mass is 9.78. The van der Waals surface area contributed by atoms with Crippen molar-refractivity contribution in [2.75, 3.05) is 9.80 Å². The molecule has 9 rings (SSSR count). The Bertz CT molecular complexity index is 1750. The number of nitrogens with zero attached hydrogens (tertiary/aromatic N) is 2. The highest BCUT2D eigenvalue weighted by Gasteiger charge is 2.48. The van der Waals surface area contributed by atoms with Gasteiger partial charge in [-0.25, -0.2) is 0 Å². The Morgan fingerprint density at radius 3 is 1.82 bits per heavy atom. The van der Waals surface area contributed by atoms with Gasteiger partial charge in [0.1, 0.15) is 0 Å². The smallest absolute Gasteiger partial charge is 0.0557 e. The van der Waals surface area contributed by atoms with Gasteiger partial charge in [0.2, 0.25) is 0 Å². The number of para-hydroxylation sites is 1. The average Bonchev–Trinajstić information content (AvgIpc) is 3.61. The van der Waals surface area contributed by atoms with E-state index in [1.165, 1.54) is 33.7 Å². The zero-order chi connectivity index (χ0) is 29.0. The molecule has 0 aromatic heterocycles. The summed E-state index contributed by atoms with van der Waals surface area (Å²) in [5, 5.41) is 0. The van der Waals surface area contributed by atoms with Crippen molar-refractivity contribution in [2.45, 2.75) is 37.0 Å². The summed E-state index contributed by atoms with van der Waals surface area (Å²) in [6.07, 6.45) is 42.8. The van der Waals surface area contributed by atoms with Crippen LogP contribution in [0.2, 0.25) is 0 Å². The highest BCUT2D eigenvalue weighted by atomic mass is 15.2. The maximum atomic E-state index is 2.66. The van der Waals surface area contributed by atoms with Crippen molar-refractivity contribution in [3.05, 3.63) is 175 Å². The standard InChI is InChI=1S/C42H38N2/c1-3-11-29(12-4-1)30-19-23-34(24-20-30)43-40-18-10-8-16-36(40)38-27-31(22-26-41(38)43)32-21-25-37-35-15-7-9-17-39(35)44(42(37)28-32)33-13-5-2-6-14-33/h2-3,5-28,35-42H,1,4H2. The molecule has 2 aromatic rings. The van der Waals surface area contributed by atoms with Crippen molar-refractivity contribution < 1.29 is 0 Å². The zero-order valence-corrected chi connectivity index (χ0v) is 24.9. The molecule has 2 nitrogen and oxygen atoms in total. The van der Waals surface area contributed by atoms with Crippen LogP contribution in [0, 0.1) is 23.7 Å². The second kappa shape index (κ2) is 10.6. The molecule has 0 spiro atoms. The zero-order valence-electron chi connectivity index (χ0n) is 24.9. The van der Waals surface area contributed by atoms with Gasteiger partial charge in [-0.2, -0.15) is 0 Å². The second-order valence-corrected chi connectivity index (χ2v) is 13.1. The lowest BCUT2D eigenvalue weighted by Crippen LogP contribution is -2.37. The number of allylic oxidation sites excluding steroid dienone is 12. The van der Waals surface area contributed by atoms with Crippen LogP contribution in [0.4, 0.5) is 11.4 Å². The largest absolute Gasteiger partial charge is 0.357 e. The topological polar surface area (TPSA) is 6.48 Å². The number of hydrogen-bond donors (Lipinski definition) is 0. The summed E-state index contributed by atoms with van der Waals surface area (Å²) in [5.74, 6) is 1.87. The summed E-state index contributed by atoms with van der Waals surface area (Å²) in [7, 11) is 0. The Labute approximate surface area is 261 Å². The molecule has 8 unspecified atom stereocenters. The first-order chi connectivity index (χ1) is 21.8. The Morgan fingerprint density at radius 1 is 0.455 bits per heavy atom.